The maximum atomic E-state index is 12.0. The molecule has 6 nitrogen and oxygen atoms in total. The Kier molecular flexibility index (Phi) is 5.96. The Balaban J connectivity index is 3.35. The van der Waals surface area contributed by atoms with E-state index in [1.807, 2.05) is 6.92 Å². The number of rotatable bonds is 7. The molecular weight excluding hydrogens is 262 g/mol. The zero-order chi connectivity index (χ0) is 15.1. The van der Waals surface area contributed by atoms with Crippen LogP contribution >= 0.6 is 0 Å². The van der Waals surface area contributed by atoms with E-state index in [4.69, 9.17) is 9.47 Å². The van der Waals surface area contributed by atoms with Gasteiger partial charge in [-0.15, -0.1) is 0 Å². The molecule has 20 heavy (non-hydrogen) atoms. The van der Waals surface area contributed by atoms with Crippen LogP contribution in [0.1, 0.15) is 64.1 Å². The quantitative estimate of drug-likeness (QED) is 0.611. The highest BCUT2D eigenvalue weighted by Gasteiger charge is 2.27. The Morgan fingerprint density at radius 3 is 2.20 bits per heavy atom. The fourth-order valence-electron chi connectivity index (χ4n) is 1.96. The molecule has 0 atom stereocenters. The topological polar surface area (TPSA) is 85.5 Å². The predicted molar refractivity (Wildman–Crippen MR) is 72.1 cm³/mol. The molecule has 1 aromatic rings. The van der Waals surface area contributed by atoms with E-state index in [-0.39, 0.29) is 30.2 Å². The number of ether oxygens (including phenoxy) is 2. The van der Waals surface area contributed by atoms with Crippen molar-refractivity contribution in [1.29, 1.82) is 0 Å². The molecule has 0 unspecified atom stereocenters. The van der Waals surface area contributed by atoms with Gasteiger partial charge in [0, 0.05) is 0 Å². The van der Waals surface area contributed by atoms with Crippen LogP contribution in [0.25, 0.3) is 0 Å². The van der Waals surface area contributed by atoms with E-state index in [0.29, 0.717) is 18.3 Å². The maximum Gasteiger partial charge on any atom is 0.355 e. The first-order valence-electron chi connectivity index (χ1n) is 6.64. The number of aromatic amines is 1. The molecule has 0 spiro atoms. The summed E-state index contributed by atoms with van der Waals surface area (Å²) < 4.78 is 9.87. The second-order valence-electron chi connectivity index (χ2n) is 4.08. The first kappa shape index (κ1) is 15.9. The maximum absolute atomic E-state index is 12.0. The number of hydrogen-bond donors (Lipinski definition) is 1. The minimum Gasteiger partial charge on any atom is -0.462 e. The van der Waals surface area contributed by atoms with Crippen molar-refractivity contribution in [3.8, 4) is 0 Å². The average molecular weight is 281 g/mol. The van der Waals surface area contributed by atoms with Crippen molar-refractivity contribution in [3.05, 3.63) is 22.5 Å². The summed E-state index contributed by atoms with van der Waals surface area (Å²) in [5.74, 6) is -1.18. The minimum atomic E-state index is -0.607. The van der Waals surface area contributed by atoms with Crippen LogP contribution in [-0.2, 0) is 15.9 Å². The predicted octanol–water partition coefficient (Wildman–Crippen LogP) is 2.13. The Bertz CT molecular complexity index is 504. The number of nitrogens with one attached hydrogen (secondary N) is 1. The van der Waals surface area contributed by atoms with Gasteiger partial charge < -0.3 is 14.5 Å². The summed E-state index contributed by atoms with van der Waals surface area (Å²) >= 11 is 0. The molecular formula is C14H19NO5. The standard InChI is InChI=1S/C14H19NO5/c1-4-7-9-11(13(17)19-5-2)10(8-16)15-12(9)14(18)20-6-3/h8,15H,4-7H2,1-3H3. The molecule has 0 amide bonds. The lowest BCUT2D eigenvalue weighted by Gasteiger charge is -2.06. The molecule has 1 rings (SSSR count). The van der Waals surface area contributed by atoms with Crippen LogP contribution in [0.15, 0.2) is 0 Å². The van der Waals surface area contributed by atoms with Crippen molar-refractivity contribution >= 4 is 18.2 Å². The van der Waals surface area contributed by atoms with Crippen molar-refractivity contribution < 1.29 is 23.9 Å². The van der Waals surface area contributed by atoms with E-state index in [1.54, 1.807) is 13.8 Å². The number of carbonyl (C=O) groups is 3. The van der Waals surface area contributed by atoms with Gasteiger partial charge >= 0.3 is 11.9 Å². The number of esters is 2. The highest BCUT2D eigenvalue weighted by molar-refractivity contribution is 6.03. The molecule has 0 bridgehead atoms. The molecule has 0 aromatic carbocycles. The molecule has 110 valence electrons. The number of aromatic nitrogens is 1. The lowest BCUT2D eigenvalue weighted by Crippen LogP contribution is -2.11. The fraction of sp³-hybridized carbons (Fsp3) is 0.500. The van der Waals surface area contributed by atoms with E-state index in [2.05, 4.69) is 4.98 Å². The summed E-state index contributed by atoms with van der Waals surface area (Å²) in [5, 5.41) is 0. The van der Waals surface area contributed by atoms with Gasteiger partial charge in [-0.3, -0.25) is 4.79 Å². The highest BCUT2D eigenvalue weighted by atomic mass is 16.5. The third kappa shape index (κ3) is 3.26. The molecule has 0 saturated heterocycles. The van der Waals surface area contributed by atoms with E-state index < -0.39 is 11.9 Å². The second-order valence-corrected chi connectivity index (χ2v) is 4.08. The highest BCUT2D eigenvalue weighted by Crippen LogP contribution is 2.22. The van der Waals surface area contributed by atoms with Gasteiger partial charge in [-0.05, 0) is 25.8 Å². The minimum absolute atomic E-state index is 0.0509. The van der Waals surface area contributed by atoms with Crippen molar-refractivity contribution in [3.63, 3.8) is 0 Å². The van der Waals surface area contributed by atoms with Crippen molar-refractivity contribution in [2.24, 2.45) is 0 Å². The lowest BCUT2D eigenvalue weighted by molar-refractivity contribution is 0.0518. The molecule has 0 aliphatic carbocycles. The molecule has 1 N–H and O–H groups in total. The molecule has 6 heteroatoms. The van der Waals surface area contributed by atoms with E-state index >= 15 is 0 Å². The van der Waals surface area contributed by atoms with Crippen LogP contribution in [0.2, 0.25) is 0 Å². The van der Waals surface area contributed by atoms with Crippen molar-refractivity contribution in [2.45, 2.75) is 33.6 Å². The molecule has 0 saturated carbocycles. The van der Waals surface area contributed by atoms with Gasteiger partial charge in [0.05, 0.1) is 24.5 Å². The largest absolute Gasteiger partial charge is 0.462 e. The summed E-state index contributed by atoms with van der Waals surface area (Å²) in [6.07, 6.45) is 1.70. The number of hydrogen-bond acceptors (Lipinski definition) is 5. The Labute approximate surface area is 117 Å². The lowest BCUT2D eigenvalue weighted by atomic mass is 10.0. The van der Waals surface area contributed by atoms with Gasteiger partial charge in [-0.1, -0.05) is 13.3 Å². The van der Waals surface area contributed by atoms with Crippen LogP contribution < -0.4 is 0 Å². The average Bonchev–Trinajstić information content (AvgIpc) is 2.78. The van der Waals surface area contributed by atoms with Gasteiger partial charge in [0.1, 0.15) is 5.69 Å². The Morgan fingerprint density at radius 1 is 1.10 bits per heavy atom. The fourth-order valence-corrected chi connectivity index (χ4v) is 1.96. The van der Waals surface area contributed by atoms with Gasteiger partial charge in [0.2, 0.25) is 0 Å². The van der Waals surface area contributed by atoms with Crippen LogP contribution in [-0.4, -0.2) is 36.4 Å². The van der Waals surface area contributed by atoms with Gasteiger partial charge in [-0.2, -0.15) is 0 Å². The summed E-state index contributed by atoms with van der Waals surface area (Å²) in [5.41, 5.74) is 0.812. The van der Waals surface area contributed by atoms with Crippen molar-refractivity contribution in [1.82, 2.24) is 4.98 Å². The zero-order valence-electron chi connectivity index (χ0n) is 11.9. The number of aldehydes is 1. The van der Waals surface area contributed by atoms with E-state index in [9.17, 15) is 14.4 Å². The summed E-state index contributed by atoms with van der Waals surface area (Å²) in [6.45, 7) is 5.69. The summed E-state index contributed by atoms with van der Waals surface area (Å²) in [4.78, 5) is 37.6. The third-order valence-corrected chi connectivity index (χ3v) is 2.71. The van der Waals surface area contributed by atoms with Crippen LogP contribution in [0.4, 0.5) is 0 Å². The molecule has 0 radical (unpaired) electrons. The van der Waals surface area contributed by atoms with E-state index in [0.717, 1.165) is 6.42 Å². The van der Waals surface area contributed by atoms with Crippen molar-refractivity contribution in [2.75, 3.05) is 13.2 Å². The number of H-pyrrole nitrogens is 1. The Morgan fingerprint density at radius 2 is 1.70 bits per heavy atom. The first-order chi connectivity index (χ1) is 9.60. The molecule has 0 aliphatic heterocycles. The summed E-state index contributed by atoms with van der Waals surface area (Å²) in [7, 11) is 0. The van der Waals surface area contributed by atoms with E-state index in [1.165, 1.54) is 0 Å². The van der Waals surface area contributed by atoms with Gasteiger partial charge in [-0.25, -0.2) is 9.59 Å². The summed E-state index contributed by atoms with van der Waals surface area (Å²) in [6, 6.07) is 0. The van der Waals surface area contributed by atoms with Crippen LogP contribution in [0.5, 0.6) is 0 Å². The monoisotopic (exact) mass is 281 g/mol. The third-order valence-electron chi connectivity index (χ3n) is 2.71. The van der Waals surface area contributed by atoms with Gasteiger partial charge in [0.25, 0.3) is 0 Å². The molecule has 1 heterocycles. The van der Waals surface area contributed by atoms with Gasteiger partial charge in [0.15, 0.2) is 6.29 Å². The molecule has 0 fully saturated rings. The SMILES string of the molecule is CCCc1c(C(=O)OCC)[nH]c(C=O)c1C(=O)OCC. The first-order valence-corrected chi connectivity index (χ1v) is 6.64. The number of carbonyl (C=O) groups excluding carboxylic acids is 3. The zero-order valence-corrected chi connectivity index (χ0v) is 11.9. The van der Waals surface area contributed by atoms with Crippen LogP contribution in [0, 0.1) is 0 Å². The Hall–Kier alpha value is -2.11. The normalized spacial score (nSPS) is 10.2. The molecule has 1 aromatic heterocycles. The smallest absolute Gasteiger partial charge is 0.355 e. The molecule has 0 aliphatic rings. The second kappa shape index (κ2) is 7.47. The van der Waals surface area contributed by atoms with Crippen LogP contribution in [0.3, 0.4) is 0 Å².